The molecule has 0 spiro atoms. The summed E-state index contributed by atoms with van der Waals surface area (Å²) in [5, 5.41) is 3.29. The lowest BCUT2D eigenvalue weighted by Gasteiger charge is -2.10. The Kier molecular flexibility index (Phi) is 7.56. The zero-order valence-electron chi connectivity index (χ0n) is 15.5. The van der Waals surface area contributed by atoms with Gasteiger partial charge in [-0.25, -0.2) is 0 Å². The Morgan fingerprint density at radius 2 is 1.34 bits per heavy atom. The molecule has 0 radical (unpaired) electrons. The Bertz CT molecular complexity index is 952. The second-order valence-electron chi connectivity index (χ2n) is 6.06. The standard InChI is InChI=1S/C23H19Cl2NO3/c24-23(25)14-15-28-20-10-6-18(7-11-20)26-19-8-12-21(13-9-19)29-16-22(27)17-4-2-1-3-5-17/h1-14,26H,15-16H2. The number of carbonyl (C=O) groups excluding carboxylic acids is 1. The van der Waals surface area contributed by atoms with Crippen LogP contribution in [0.25, 0.3) is 0 Å². The molecular weight excluding hydrogens is 409 g/mol. The zero-order valence-corrected chi connectivity index (χ0v) is 17.0. The minimum Gasteiger partial charge on any atom is -0.489 e. The second kappa shape index (κ2) is 10.6. The maximum Gasteiger partial charge on any atom is 0.200 e. The predicted octanol–water partition coefficient (Wildman–Crippen LogP) is 6.39. The third-order valence-electron chi connectivity index (χ3n) is 3.95. The lowest BCUT2D eigenvalue weighted by molar-refractivity contribution is 0.0921. The smallest absolute Gasteiger partial charge is 0.200 e. The van der Waals surface area contributed by atoms with Crippen LogP contribution in [0.15, 0.2) is 89.4 Å². The van der Waals surface area contributed by atoms with Crippen molar-refractivity contribution < 1.29 is 14.3 Å². The topological polar surface area (TPSA) is 47.6 Å². The Morgan fingerprint density at radius 1 is 0.793 bits per heavy atom. The first-order valence-corrected chi connectivity index (χ1v) is 9.68. The van der Waals surface area contributed by atoms with Gasteiger partial charge in [0.05, 0.1) is 0 Å². The van der Waals surface area contributed by atoms with Crippen LogP contribution in [-0.4, -0.2) is 19.0 Å². The number of hydrogen-bond acceptors (Lipinski definition) is 4. The van der Waals surface area contributed by atoms with Gasteiger partial charge in [-0.1, -0.05) is 53.5 Å². The van der Waals surface area contributed by atoms with E-state index in [1.54, 1.807) is 18.2 Å². The minimum absolute atomic E-state index is 0.00235. The summed E-state index contributed by atoms with van der Waals surface area (Å²) in [6.07, 6.45) is 1.58. The van der Waals surface area contributed by atoms with E-state index in [0.29, 0.717) is 23.7 Å². The van der Waals surface area contributed by atoms with E-state index in [9.17, 15) is 4.79 Å². The third-order valence-corrected chi connectivity index (χ3v) is 4.26. The van der Waals surface area contributed by atoms with Gasteiger partial charge in [0.25, 0.3) is 0 Å². The van der Waals surface area contributed by atoms with Crippen LogP contribution in [0.4, 0.5) is 11.4 Å². The van der Waals surface area contributed by atoms with Gasteiger partial charge >= 0.3 is 0 Å². The summed E-state index contributed by atoms with van der Waals surface area (Å²) < 4.78 is 11.3. The molecule has 0 aromatic heterocycles. The van der Waals surface area contributed by atoms with E-state index in [1.807, 2.05) is 66.7 Å². The fourth-order valence-electron chi connectivity index (χ4n) is 2.49. The van der Waals surface area contributed by atoms with Crippen LogP contribution < -0.4 is 14.8 Å². The lowest BCUT2D eigenvalue weighted by atomic mass is 10.1. The Morgan fingerprint density at radius 3 is 1.90 bits per heavy atom. The Hall–Kier alpha value is -2.95. The van der Waals surface area contributed by atoms with Crippen molar-refractivity contribution in [2.45, 2.75) is 0 Å². The number of carbonyl (C=O) groups is 1. The summed E-state index contributed by atoms with van der Waals surface area (Å²) in [7, 11) is 0. The summed E-state index contributed by atoms with van der Waals surface area (Å²) in [4.78, 5) is 12.1. The normalized spacial score (nSPS) is 10.1. The monoisotopic (exact) mass is 427 g/mol. The molecule has 0 saturated carbocycles. The van der Waals surface area contributed by atoms with Crippen molar-refractivity contribution in [2.75, 3.05) is 18.5 Å². The molecule has 29 heavy (non-hydrogen) atoms. The molecule has 3 aromatic carbocycles. The number of benzene rings is 3. The van der Waals surface area contributed by atoms with Gasteiger partial charge in [0.2, 0.25) is 0 Å². The first-order valence-electron chi connectivity index (χ1n) is 8.92. The van der Waals surface area contributed by atoms with Crippen molar-refractivity contribution in [1.82, 2.24) is 0 Å². The first-order chi connectivity index (χ1) is 14.1. The van der Waals surface area contributed by atoms with Gasteiger partial charge in [-0.2, -0.15) is 0 Å². The maximum absolute atomic E-state index is 12.1. The molecule has 0 unspecified atom stereocenters. The SMILES string of the molecule is O=C(COc1ccc(Nc2ccc(OCC=C(Cl)Cl)cc2)cc1)c1ccccc1. The molecule has 0 atom stereocenters. The van der Waals surface area contributed by atoms with Gasteiger partial charge in [0, 0.05) is 16.9 Å². The fraction of sp³-hybridized carbons (Fsp3) is 0.0870. The molecule has 0 aliphatic rings. The number of ether oxygens (including phenoxy) is 2. The van der Waals surface area contributed by atoms with E-state index < -0.39 is 0 Å². The van der Waals surface area contributed by atoms with E-state index in [4.69, 9.17) is 32.7 Å². The van der Waals surface area contributed by atoms with Gasteiger partial charge in [-0.3, -0.25) is 4.79 Å². The Balaban J connectivity index is 1.50. The lowest BCUT2D eigenvalue weighted by Crippen LogP contribution is -2.11. The largest absolute Gasteiger partial charge is 0.489 e. The molecule has 0 heterocycles. The quantitative estimate of drug-likeness (QED) is 0.401. The van der Waals surface area contributed by atoms with Crippen LogP contribution in [0.5, 0.6) is 11.5 Å². The van der Waals surface area contributed by atoms with Crippen LogP contribution >= 0.6 is 23.2 Å². The van der Waals surface area contributed by atoms with Crippen molar-refractivity contribution in [3.05, 3.63) is 95.0 Å². The fourth-order valence-corrected chi connectivity index (χ4v) is 2.62. The molecule has 0 saturated heterocycles. The highest BCUT2D eigenvalue weighted by atomic mass is 35.5. The van der Waals surface area contributed by atoms with Crippen LogP contribution in [0, 0.1) is 0 Å². The number of rotatable bonds is 9. The summed E-state index contributed by atoms with van der Waals surface area (Å²) in [6, 6.07) is 24.0. The molecule has 0 bridgehead atoms. The van der Waals surface area contributed by atoms with Gasteiger partial charge in [-0.05, 0) is 54.6 Å². The molecule has 3 aromatic rings. The van der Waals surface area contributed by atoms with Gasteiger partial charge < -0.3 is 14.8 Å². The molecule has 148 valence electrons. The second-order valence-corrected chi connectivity index (χ2v) is 7.06. The van der Waals surface area contributed by atoms with Gasteiger partial charge in [-0.15, -0.1) is 0 Å². The molecule has 0 fully saturated rings. The first kappa shape index (κ1) is 20.8. The molecule has 0 aliphatic carbocycles. The highest BCUT2D eigenvalue weighted by molar-refractivity contribution is 6.55. The predicted molar refractivity (Wildman–Crippen MR) is 118 cm³/mol. The molecule has 3 rings (SSSR count). The highest BCUT2D eigenvalue weighted by Crippen LogP contribution is 2.22. The van der Waals surface area contributed by atoms with Crippen molar-refractivity contribution in [2.24, 2.45) is 0 Å². The van der Waals surface area contributed by atoms with Crippen LogP contribution in [-0.2, 0) is 0 Å². The van der Waals surface area contributed by atoms with E-state index in [-0.39, 0.29) is 16.9 Å². The number of ketones is 1. The molecule has 0 aliphatic heterocycles. The van der Waals surface area contributed by atoms with Crippen LogP contribution in [0.1, 0.15) is 10.4 Å². The Labute approximate surface area is 179 Å². The summed E-state index contributed by atoms with van der Waals surface area (Å²) >= 11 is 11.1. The maximum atomic E-state index is 12.1. The van der Waals surface area contributed by atoms with E-state index >= 15 is 0 Å². The van der Waals surface area contributed by atoms with Crippen LogP contribution in [0.2, 0.25) is 0 Å². The summed E-state index contributed by atoms with van der Waals surface area (Å²) in [5.41, 5.74) is 2.45. The zero-order chi connectivity index (χ0) is 20.5. The van der Waals surface area contributed by atoms with Crippen LogP contribution in [0.3, 0.4) is 0 Å². The highest BCUT2D eigenvalue weighted by Gasteiger charge is 2.06. The van der Waals surface area contributed by atoms with E-state index in [1.165, 1.54) is 0 Å². The summed E-state index contributed by atoms with van der Waals surface area (Å²) in [5.74, 6) is 1.29. The number of Topliss-reactive ketones (excluding diaryl/α,β-unsaturated/α-hetero) is 1. The minimum atomic E-state index is -0.0566. The number of anilines is 2. The van der Waals surface area contributed by atoms with Crippen molar-refractivity contribution >= 4 is 40.4 Å². The van der Waals surface area contributed by atoms with Gasteiger partial charge in [0.15, 0.2) is 12.4 Å². The van der Waals surface area contributed by atoms with E-state index in [0.717, 1.165) is 11.4 Å². The number of halogens is 2. The molecule has 0 amide bonds. The molecule has 1 N–H and O–H groups in total. The van der Waals surface area contributed by atoms with Gasteiger partial charge in [0.1, 0.15) is 22.6 Å². The van der Waals surface area contributed by atoms with E-state index in [2.05, 4.69) is 5.32 Å². The average molecular weight is 428 g/mol. The summed E-state index contributed by atoms with van der Waals surface area (Å²) in [6.45, 7) is 0.311. The third kappa shape index (κ3) is 6.86. The number of hydrogen-bond donors (Lipinski definition) is 1. The van der Waals surface area contributed by atoms with Crippen molar-refractivity contribution in [3.63, 3.8) is 0 Å². The van der Waals surface area contributed by atoms with Crippen molar-refractivity contribution in [3.8, 4) is 11.5 Å². The number of nitrogens with one attached hydrogen (secondary N) is 1. The average Bonchev–Trinajstić information content (AvgIpc) is 2.74. The molecular formula is C23H19Cl2NO3. The van der Waals surface area contributed by atoms with Crippen molar-refractivity contribution in [1.29, 1.82) is 0 Å². The molecule has 4 nitrogen and oxygen atoms in total. The molecule has 6 heteroatoms.